The van der Waals surface area contributed by atoms with Crippen molar-refractivity contribution >= 4 is 34.2 Å². The third-order valence-corrected chi connectivity index (χ3v) is 6.55. The van der Waals surface area contributed by atoms with Gasteiger partial charge in [0.25, 0.3) is 0 Å². The molecule has 0 radical (unpaired) electrons. The van der Waals surface area contributed by atoms with Gasteiger partial charge in [-0.3, -0.25) is 4.79 Å². The van der Waals surface area contributed by atoms with Crippen LogP contribution in [0.15, 0.2) is 72.8 Å². The van der Waals surface area contributed by atoms with Crippen LogP contribution in [-0.4, -0.2) is 39.8 Å². The largest absolute Gasteiger partial charge is 0.489 e. The molecule has 2 heterocycles. The van der Waals surface area contributed by atoms with E-state index in [4.69, 9.17) is 21.3 Å². The van der Waals surface area contributed by atoms with Crippen molar-refractivity contribution in [2.24, 2.45) is 0 Å². The molecule has 6 nitrogen and oxygen atoms in total. The predicted molar refractivity (Wildman–Crippen MR) is 134 cm³/mol. The Hall–Kier alpha value is -3.35. The van der Waals surface area contributed by atoms with Gasteiger partial charge in [-0.05, 0) is 42.8 Å². The molecule has 3 aromatic carbocycles. The van der Waals surface area contributed by atoms with Crippen LogP contribution >= 0.6 is 11.6 Å². The van der Waals surface area contributed by atoms with Gasteiger partial charge >= 0.3 is 0 Å². The highest BCUT2D eigenvalue weighted by molar-refractivity contribution is 6.32. The van der Waals surface area contributed by atoms with Gasteiger partial charge in [0.2, 0.25) is 5.91 Å². The molecule has 1 aliphatic heterocycles. The number of fused-ring (bicyclic) bond motifs is 1. The van der Waals surface area contributed by atoms with E-state index in [0.29, 0.717) is 30.3 Å². The Balaban J connectivity index is 1.40. The van der Waals surface area contributed by atoms with Crippen LogP contribution in [0.2, 0.25) is 5.02 Å². The molecular formula is C27H26ClN3O3. The third kappa shape index (κ3) is 4.39. The van der Waals surface area contributed by atoms with E-state index >= 15 is 0 Å². The van der Waals surface area contributed by atoms with Crippen molar-refractivity contribution in [1.29, 1.82) is 0 Å². The number of ether oxygens (including phenoxy) is 1. The molecule has 5 rings (SSSR count). The van der Waals surface area contributed by atoms with Crippen LogP contribution in [0.5, 0.6) is 5.75 Å². The molecule has 4 aromatic rings. The quantitative estimate of drug-likeness (QED) is 0.410. The number of carbonyl (C=O) groups is 1. The average molecular weight is 476 g/mol. The molecule has 174 valence electrons. The van der Waals surface area contributed by atoms with E-state index in [2.05, 4.69) is 0 Å². The summed E-state index contributed by atoms with van der Waals surface area (Å²) in [5.41, 5.74) is 3.78. The lowest BCUT2D eigenvalue weighted by Gasteiger charge is -2.20. The molecule has 1 amide bonds. The fourth-order valence-corrected chi connectivity index (χ4v) is 4.78. The summed E-state index contributed by atoms with van der Waals surface area (Å²) in [5.74, 6) is 1.35. The van der Waals surface area contributed by atoms with E-state index in [1.54, 1.807) is 12.1 Å². The molecule has 1 N–H and O–H groups in total. The van der Waals surface area contributed by atoms with Crippen molar-refractivity contribution in [2.75, 3.05) is 18.1 Å². The molecule has 0 saturated carbocycles. The topological polar surface area (TPSA) is 67.6 Å². The number of benzene rings is 3. The van der Waals surface area contributed by atoms with E-state index in [1.165, 1.54) is 0 Å². The van der Waals surface area contributed by atoms with Crippen molar-refractivity contribution in [2.45, 2.75) is 31.9 Å². The maximum Gasteiger partial charge on any atom is 0.227 e. The van der Waals surface area contributed by atoms with Crippen LogP contribution < -0.4 is 9.64 Å². The van der Waals surface area contributed by atoms with Gasteiger partial charge in [-0.1, -0.05) is 54.1 Å². The number of para-hydroxylation sites is 4. The number of nitrogens with zero attached hydrogens (tertiary/aromatic N) is 3. The first-order chi connectivity index (χ1) is 16.5. The summed E-state index contributed by atoms with van der Waals surface area (Å²) in [7, 11) is 0. The zero-order valence-electron chi connectivity index (χ0n) is 18.9. The number of aliphatic hydroxyl groups is 1. The van der Waals surface area contributed by atoms with Gasteiger partial charge < -0.3 is 19.3 Å². The summed E-state index contributed by atoms with van der Waals surface area (Å²) in [6, 6.07) is 23.0. The van der Waals surface area contributed by atoms with Crippen molar-refractivity contribution in [3.63, 3.8) is 0 Å². The number of halogens is 1. The van der Waals surface area contributed by atoms with Crippen LogP contribution in [0, 0.1) is 6.92 Å². The van der Waals surface area contributed by atoms with Gasteiger partial charge in [0.1, 0.15) is 24.3 Å². The molecule has 0 bridgehead atoms. The zero-order valence-corrected chi connectivity index (χ0v) is 19.7. The molecule has 2 unspecified atom stereocenters. The molecule has 1 fully saturated rings. The van der Waals surface area contributed by atoms with E-state index < -0.39 is 6.10 Å². The first-order valence-electron chi connectivity index (χ1n) is 11.4. The molecule has 1 saturated heterocycles. The normalized spacial score (nSPS) is 16.9. The summed E-state index contributed by atoms with van der Waals surface area (Å²) >= 11 is 6.17. The Kier molecular flexibility index (Phi) is 6.26. The van der Waals surface area contributed by atoms with Crippen molar-refractivity contribution in [1.82, 2.24) is 9.55 Å². The molecule has 7 heteroatoms. The lowest BCUT2D eigenvalue weighted by molar-refractivity contribution is -0.117. The molecular weight excluding hydrogens is 450 g/mol. The number of amides is 1. The monoisotopic (exact) mass is 475 g/mol. The van der Waals surface area contributed by atoms with Crippen molar-refractivity contribution in [3.05, 3.63) is 89.2 Å². The SMILES string of the molecule is Cc1ccccc1N1CC(c2nc3ccccc3n2CC(O)COc2ccccc2Cl)CC1=O. The Morgan fingerprint density at radius 1 is 1.09 bits per heavy atom. The van der Waals surface area contributed by atoms with Gasteiger partial charge in [-0.15, -0.1) is 0 Å². The number of carbonyl (C=O) groups excluding carboxylic acids is 1. The van der Waals surface area contributed by atoms with Crippen LogP contribution in [0.4, 0.5) is 5.69 Å². The van der Waals surface area contributed by atoms with Gasteiger partial charge in [0, 0.05) is 24.6 Å². The van der Waals surface area contributed by atoms with E-state index in [-0.39, 0.29) is 18.4 Å². The second kappa shape index (κ2) is 9.49. The maximum absolute atomic E-state index is 13.0. The highest BCUT2D eigenvalue weighted by atomic mass is 35.5. The van der Waals surface area contributed by atoms with Crippen LogP contribution in [0.25, 0.3) is 11.0 Å². The first kappa shape index (κ1) is 22.4. The third-order valence-electron chi connectivity index (χ3n) is 6.24. The summed E-state index contributed by atoms with van der Waals surface area (Å²) in [6.45, 7) is 2.96. The van der Waals surface area contributed by atoms with Gasteiger partial charge in [-0.2, -0.15) is 0 Å². The Bertz CT molecular complexity index is 1340. The lowest BCUT2D eigenvalue weighted by Crippen LogP contribution is -2.27. The average Bonchev–Trinajstić information content (AvgIpc) is 3.39. The van der Waals surface area contributed by atoms with E-state index in [1.807, 2.05) is 77.1 Å². The number of hydrogen-bond acceptors (Lipinski definition) is 4. The van der Waals surface area contributed by atoms with Gasteiger partial charge in [-0.25, -0.2) is 4.98 Å². The number of imidazole rings is 1. The highest BCUT2D eigenvalue weighted by Crippen LogP contribution is 2.34. The summed E-state index contributed by atoms with van der Waals surface area (Å²) in [6.07, 6.45) is -0.402. The second-order valence-electron chi connectivity index (χ2n) is 8.66. The number of aromatic nitrogens is 2. The molecule has 0 spiro atoms. The van der Waals surface area contributed by atoms with Gasteiger partial charge in [0.15, 0.2) is 0 Å². The summed E-state index contributed by atoms with van der Waals surface area (Å²) in [5, 5.41) is 11.3. The smallest absolute Gasteiger partial charge is 0.227 e. The van der Waals surface area contributed by atoms with Crippen LogP contribution in [-0.2, 0) is 11.3 Å². The summed E-state index contributed by atoms with van der Waals surface area (Å²) < 4.78 is 7.77. The highest BCUT2D eigenvalue weighted by Gasteiger charge is 2.35. The summed E-state index contributed by atoms with van der Waals surface area (Å²) in [4.78, 5) is 19.7. The number of aryl methyl sites for hydroxylation is 1. The van der Waals surface area contributed by atoms with Crippen LogP contribution in [0.3, 0.4) is 0 Å². The Labute approximate surface area is 203 Å². The first-order valence-corrected chi connectivity index (χ1v) is 11.8. The number of aliphatic hydroxyl groups excluding tert-OH is 1. The number of hydrogen-bond donors (Lipinski definition) is 1. The Morgan fingerprint density at radius 2 is 1.82 bits per heavy atom. The lowest BCUT2D eigenvalue weighted by atomic mass is 10.1. The Morgan fingerprint density at radius 3 is 2.65 bits per heavy atom. The van der Waals surface area contributed by atoms with Crippen LogP contribution in [0.1, 0.15) is 23.7 Å². The molecule has 1 aromatic heterocycles. The number of anilines is 1. The van der Waals surface area contributed by atoms with E-state index in [9.17, 15) is 9.90 Å². The van der Waals surface area contributed by atoms with Crippen molar-refractivity contribution in [3.8, 4) is 5.75 Å². The molecule has 34 heavy (non-hydrogen) atoms. The minimum absolute atomic E-state index is 0.0730. The molecule has 2 atom stereocenters. The zero-order chi connectivity index (χ0) is 23.7. The van der Waals surface area contributed by atoms with Gasteiger partial charge in [0.05, 0.1) is 22.6 Å². The predicted octanol–water partition coefficient (Wildman–Crippen LogP) is 4.96. The second-order valence-corrected chi connectivity index (χ2v) is 9.06. The molecule has 1 aliphatic rings. The maximum atomic E-state index is 13.0. The van der Waals surface area contributed by atoms with E-state index in [0.717, 1.165) is 28.1 Å². The molecule has 0 aliphatic carbocycles. The van der Waals surface area contributed by atoms with Crippen molar-refractivity contribution < 1.29 is 14.6 Å². The minimum atomic E-state index is -0.780. The fourth-order valence-electron chi connectivity index (χ4n) is 4.59. The standard InChI is InChI=1S/C27H26ClN3O3/c1-18-8-2-5-11-23(18)30-15-19(14-26(30)33)27-29-22-10-4-6-12-24(22)31(27)16-20(32)17-34-25-13-7-3-9-21(25)28/h2-13,19-20,32H,14-17H2,1H3. The number of rotatable bonds is 7. The fraction of sp³-hybridized carbons (Fsp3) is 0.259. The minimum Gasteiger partial charge on any atom is -0.489 e.